The Bertz CT molecular complexity index is 1010. The van der Waals surface area contributed by atoms with Crippen LogP contribution in [0.1, 0.15) is 26.5 Å². The Labute approximate surface area is 156 Å². The molecular weight excluding hydrogens is 344 g/mol. The number of hydrogen-bond acceptors (Lipinski definition) is 5. The summed E-state index contributed by atoms with van der Waals surface area (Å²) < 4.78 is 4.81. The fourth-order valence-electron chi connectivity index (χ4n) is 2.47. The Kier molecular flexibility index (Phi) is 5.26. The lowest BCUT2D eigenvalue weighted by Gasteiger charge is -2.04. The van der Waals surface area contributed by atoms with Crippen LogP contribution in [0.15, 0.2) is 53.9 Å². The number of hydrogen-bond donors (Lipinski definition) is 0. The van der Waals surface area contributed by atoms with Gasteiger partial charge in [0.2, 0.25) is 0 Å². The minimum Gasteiger partial charge on any atom is -0.465 e. The van der Waals surface area contributed by atoms with E-state index < -0.39 is 5.97 Å². The van der Waals surface area contributed by atoms with Gasteiger partial charge in [0.05, 0.1) is 23.9 Å². The number of aromatic nitrogens is 1. The van der Waals surface area contributed by atoms with Crippen molar-refractivity contribution >= 4 is 29.0 Å². The maximum absolute atomic E-state index is 11.9. The summed E-state index contributed by atoms with van der Waals surface area (Å²) in [5, 5.41) is 12.1. The van der Waals surface area contributed by atoms with Crippen LogP contribution >= 0.6 is 11.3 Å². The summed E-state index contributed by atoms with van der Waals surface area (Å²) in [5.74, 6) is -0.436. The third-order valence-electron chi connectivity index (χ3n) is 3.87. The molecule has 3 aromatic rings. The van der Waals surface area contributed by atoms with Gasteiger partial charge in [0.15, 0.2) is 0 Å². The molecule has 0 atom stereocenters. The van der Waals surface area contributed by atoms with Gasteiger partial charge in [-0.2, -0.15) is 5.26 Å². The Morgan fingerprint density at radius 1 is 1.19 bits per heavy atom. The summed E-state index contributed by atoms with van der Waals surface area (Å²) in [6.07, 6.45) is 1.67. The first kappa shape index (κ1) is 17.6. The predicted octanol–water partition coefficient (Wildman–Crippen LogP) is 4.97. The van der Waals surface area contributed by atoms with Crippen molar-refractivity contribution in [2.24, 2.45) is 0 Å². The van der Waals surface area contributed by atoms with E-state index in [1.54, 1.807) is 24.3 Å². The Morgan fingerprint density at radius 3 is 2.62 bits per heavy atom. The second kappa shape index (κ2) is 7.77. The fraction of sp³-hybridized carbons (Fsp3) is 0.0952. The zero-order valence-electron chi connectivity index (χ0n) is 14.4. The molecule has 0 radical (unpaired) electrons. The number of esters is 1. The van der Waals surface area contributed by atoms with Crippen LogP contribution in [0, 0.1) is 18.3 Å². The predicted molar refractivity (Wildman–Crippen MR) is 104 cm³/mol. The van der Waals surface area contributed by atoms with Crippen LogP contribution in [0.2, 0.25) is 0 Å². The monoisotopic (exact) mass is 360 g/mol. The highest BCUT2D eigenvalue weighted by atomic mass is 32.1. The van der Waals surface area contributed by atoms with Gasteiger partial charge in [0.1, 0.15) is 11.1 Å². The SMILES string of the molecule is COC(=O)c1ccccc1/C=C(\C#N)c1nc(-c2ccc(C)cc2)cs1. The molecule has 2 aromatic carbocycles. The molecule has 0 saturated carbocycles. The number of carbonyl (C=O) groups is 1. The van der Waals surface area contributed by atoms with Crippen LogP contribution in [0.25, 0.3) is 22.9 Å². The van der Waals surface area contributed by atoms with E-state index >= 15 is 0 Å². The number of ether oxygens (including phenoxy) is 1. The number of allylic oxidation sites excluding steroid dienone is 1. The van der Waals surface area contributed by atoms with Crippen molar-refractivity contribution < 1.29 is 9.53 Å². The first-order valence-corrected chi connectivity index (χ1v) is 8.82. The van der Waals surface area contributed by atoms with Crippen LogP contribution in [0.5, 0.6) is 0 Å². The summed E-state index contributed by atoms with van der Waals surface area (Å²) in [6.45, 7) is 2.03. The number of thiazole rings is 1. The van der Waals surface area contributed by atoms with Gasteiger partial charge in [0, 0.05) is 10.9 Å². The summed E-state index contributed by atoms with van der Waals surface area (Å²) in [7, 11) is 1.34. The minimum absolute atomic E-state index is 0.407. The summed E-state index contributed by atoms with van der Waals surface area (Å²) in [4.78, 5) is 16.5. The molecule has 1 heterocycles. The van der Waals surface area contributed by atoms with Crippen molar-refractivity contribution in [1.29, 1.82) is 5.26 Å². The molecule has 0 aliphatic carbocycles. The van der Waals surface area contributed by atoms with Crippen molar-refractivity contribution in [1.82, 2.24) is 4.98 Å². The molecule has 26 heavy (non-hydrogen) atoms. The third kappa shape index (κ3) is 3.71. The van der Waals surface area contributed by atoms with Crippen molar-refractivity contribution in [2.45, 2.75) is 6.92 Å². The molecule has 4 nitrogen and oxygen atoms in total. The Morgan fingerprint density at radius 2 is 1.92 bits per heavy atom. The number of aryl methyl sites for hydroxylation is 1. The Balaban J connectivity index is 1.98. The average molecular weight is 360 g/mol. The fourth-order valence-corrected chi connectivity index (χ4v) is 3.27. The summed E-state index contributed by atoms with van der Waals surface area (Å²) in [5.41, 5.74) is 4.46. The van der Waals surface area contributed by atoms with Gasteiger partial charge in [-0.1, -0.05) is 48.0 Å². The normalized spacial score (nSPS) is 11.0. The van der Waals surface area contributed by atoms with Crippen LogP contribution < -0.4 is 0 Å². The van der Waals surface area contributed by atoms with Gasteiger partial charge in [0.25, 0.3) is 0 Å². The molecule has 1 aromatic heterocycles. The van der Waals surface area contributed by atoms with E-state index in [4.69, 9.17) is 4.74 Å². The van der Waals surface area contributed by atoms with Crippen LogP contribution in [-0.4, -0.2) is 18.1 Å². The van der Waals surface area contributed by atoms with Gasteiger partial charge in [-0.3, -0.25) is 0 Å². The van der Waals surface area contributed by atoms with Crippen LogP contribution in [0.4, 0.5) is 0 Å². The summed E-state index contributed by atoms with van der Waals surface area (Å²) in [6, 6.07) is 17.3. The van der Waals surface area contributed by atoms with Crippen molar-refractivity contribution in [3.63, 3.8) is 0 Å². The van der Waals surface area contributed by atoms with E-state index in [-0.39, 0.29) is 0 Å². The van der Waals surface area contributed by atoms with E-state index in [2.05, 4.69) is 11.1 Å². The van der Waals surface area contributed by atoms with Crippen LogP contribution in [0.3, 0.4) is 0 Å². The lowest BCUT2D eigenvalue weighted by Crippen LogP contribution is -2.03. The zero-order chi connectivity index (χ0) is 18.5. The molecule has 128 valence electrons. The molecule has 0 unspecified atom stereocenters. The molecule has 0 N–H and O–H groups in total. The number of carbonyl (C=O) groups excluding carboxylic acids is 1. The molecular formula is C21H16N2O2S. The van der Waals surface area contributed by atoms with Gasteiger partial charge >= 0.3 is 5.97 Å². The standard InChI is InChI=1S/C21H16N2O2S/c1-14-7-9-15(10-8-14)19-13-26-20(23-19)17(12-22)11-16-5-3-4-6-18(16)21(24)25-2/h3-11,13H,1-2H3/b17-11+. The maximum Gasteiger partial charge on any atom is 0.338 e. The van der Waals surface area contributed by atoms with Gasteiger partial charge in [-0.25, -0.2) is 9.78 Å². The van der Waals surface area contributed by atoms with E-state index in [1.807, 2.05) is 42.6 Å². The smallest absolute Gasteiger partial charge is 0.338 e. The number of benzene rings is 2. The van der Waals surface area contributed by atoms with E-state index in [0.29, 0.717) is 21.7 Å². The highest BCUT2D eigenvalue weighted by Gasteiger charge is 2.13. The van der Waals surface area contributed by atoms with Gasteiger partial charge in [-0.15, -0.1) is 11.3 Å². The van der Waals surface area contributed by atoms with Crippen LogP contribution in [-0.2, 0) is 4.74 Å². The minimum atomic E-state index is -0.436. The number of rotatable bonds is 4. The Hall–Kier alpha value is -3.23. The number of nitriles is 1. The molecule has 0 bridgehead atoms. The molecule has 0 fully saturated rings. The largest absolute Gasteiger partial charge is 0.465 e. The van der Waals surface area contributed by atoms with E-state index in [0.717, 1.165) is 11.3 Å². The van der Waals surface area contributed by atoms with Crippen molar-refractivity contribution in [2.75, 3.05) is 7.11 Å². The van der Waals surface area contributed by atoms with Gasteiger partial charge < -0.3 is 4.74 Å². The lowest BCUT2D eigenvalue weighted by atomic mass is 10.0. The molecule has 0 spiro atoms. The van der Waals surface area contributed by atoms with E-state index in [1.165, 1.54) is 24.0 Å². The molecule has 0 saturated heterocycles. The van der Waals surface area contributed by atoms with E-state index in [9.17, 15) is 10.1 Å². The second-order valence-electron chi connectivity index (χ2n) is 5.65. The van der Waals surface area contributed by atoms with Crippen molar-refractivity contribution in [3.8, 4) is 17.3 Å². The molecule has 0 aliphatic heterocycles. The number of nitrogens with zero attached hydrogens (tertiary/aromatic N) is 2. The topological polar surface area (TPSA) is 63.0 Å². The maximum atomic E-state index is 11.9. The highest BCUT2D eigenvalue weighted by Crippen LogP contribution is 2.28. The molecule has 3 rings (SSSR count). The molecule has 0 amide bonds. The first-order valence-electron chi connectivity index (χ1n) is 7.94. The third-order valence-corrected chi connectivity index (χ3v) is 4.74. The molecule has 5 heteroatoms. The lowest BCUT2D eigenvalue weighted by molar-refractivity contribution is 0.0600. The van der Waals surface area contributed by atoms with Gasteiger partial charge in [-0.05, 0) is 24.6 Å². The highest BCUT2D eigenvalue weighted by molar-refractivity contribution is 7.11. The summed E-state index contributed by atoms with van der Waals surface area (Å²) >= 11 is 1.40. The zero-order valence-corrected chi connectivity index (χ0v) is 15.2. The average Bonchev–Trinajstić information content (AvgIpc) is 3.16. The molecule has 0 aliphatic rings. The quantitative estimate of drug-likeness (QED) is 0.487. The number of methoxy groups -OCH3 is 1. The van der Waals surface area contributed by atoms with Crippen molar-refractivity contribution in [3.05, 3.63) is 75.6 Å². The first-order chi connectivity index (χ1) is 12.6. The second-order valence-corrected chi connectivity index (χ2v) is 6.51.